The molecular formula is C17H27NO. The van der Waals surface area contributed by atoms with Gasteiger partial charge in [-0.3, -0.25) is 0 Å². The lowest BCUT2D eigenvalue weighted by atomic mass is 9.77. The van der Waals surface area contributed by atoms with Gasteiger partial charge in [-0.05, 0) is 48.8 Å². The van der Waals surface area contributed by atoms with Crippen LogP contribution >= 0.6 is 0 Å². The highest BCUT2D eigenvalue weighted by molar-refractivity contribution is 5.32. The van der Waals surface area contributed by atoms with E-state index in [1.54, 1.807) is 18.2 Å². The highest BCUT2D eigenvalue weighted by Gasteiger charge is 2.22. The lowest BCUT2D eigenvalue weighted by Crippen LogP contribution is -2.26. The first kappa shape index (κ1) is 14.5. The topological polar surface area (TPSA) is 21.3 Å². The Balaban J connectivity index is 1.84. The number of rotatable bonds is 8. The van der Waals surface area contributed by atoms with Gasteiger partial charge in [0.15, 0.2) is 0 Å². The molecule has 0 aromatic heterocycles. The summed E-state index contributed by atoms with van der Waals surface area (Å²) in [5.41, 5.74) is 3.17. The number of methoxy groups -OCH3 is 1. The van der Waals surface area contributed by atoms with Gasteiger partial charge in [-0.25, -0.2) is 0 Å². The van der Waals surface area contributed by atoms with Crippen molar-refractivity contribution in [3.05, 3.63) is 35.4 Å². The quantitative estimate of drug-likeness (QED) is 0.724. The van der Waals surface area contributed by atoms with Gasteiger partial charge in [-0.1, -0.05) is 37.6 Å². The Hall–Kier alpha value is -0.860. The van der Waals surface area contributed by atoms with E-state index in [-0.39, 0.29) is 0 Å². The van der Waals surface area contributed by atoms with Crippen molar-refractivity contribution in [2.24, 2.45) is 5.92 Å². The zero-order valence-corrected chi connectivity index (χ0v) is 12.3. The Bertz CT molecular complexity index is 373. The summed E-state index contributed by atoms with van der Waals surface area (Å²) in [5.74, 6) is 1.52. The summed E-state index contributed by atoms with van der Waals surface area (Å²) in [6.45, 7) is 5.15. The van der Waals surface area contributed by atoms with Gasteiger partial charge in [-0.2, -0.15) is 0 Å². The monoisotopic (exact) mass is 261 g/mol. The predicted molar refractivity (Wildman–Crippen MR) is 80.6 cm³/mol. The van der Waals surface area contributed by atoms with Crippen molar-refractivity contribution >= 4 is 0 Å². The highest BCUT2D eigenvalue weighted by atomic mass is 16.5. The lowest BCUT2D eigenvalue weighted by molar-refractivity contribution is 0.198. The first-order valence-electron chi connectivity index (χ1n) is 7.58. The van der Waals surface area contributed by atoms with Gasteiger partial charge in [0.05, 0.1) is 6.61 Å². The first-order valence-corrected chi connectivity index (χ1v) is 7.58. The third kappa shape index (κ3) is 4.32. The molecule has 0 radical (unpaired) electrons. The van der Waals surface area contributed by atoms with Crippen LogP contribution < -0.4 is 5.32 Å². The molecule has 1 aromatic rings. The number of hydrogen-bond donors (Lipinski definition) is 1. The Kier molecular flexibility index (Phi) is 5.87. The molecule has 1 aliphatic rings. The first-order chi connectivity index (χ1) is 9.31. The maximum absolute atomic E-state index is 5.05. The zero-order chi connectivity index (χ0) is 13.5. The largest absolute Gasteiger partial charge is 0.383 e. The van der Waals surface area contributed by atoms with Crippen molar-refractivity contribution in [2.45, 2.75) is 38.5 Å². The van der Waals surface area contributed by atoms with Crippen LogP contribution in [-0.4, -0.2) is 26.8 Å². The molecule has 0 heterocycles. The standard InChI is InChI=1S/C17H27NO/c1-14(13-18-10-11-19-2)12-16-6-3-4-9-17(16)15-7-5-8-15/h3-4,6,9,14-15,18H,5,7-8,10-13H2,1-2H3. The Morgan fingerprint density at radius 1 is 1.32 bits per heavy atom. The third-order valence-corrected chi connectivity index (χ3v) is 4.14. The maximum Gasteiger partial charge on any atom is 0.0587 e. The third-order valence-electron chi connectivity index (χ3n) is 4.14. The highest BCUT2D eigenvalue weighted by Crippen LogP contribution is 2.38. The molecule has 0 saturated heterocycles. The van der Waals surface area contributed by atoms with Crippen molar-refractivity contribution in [1.29, 1.82) is 0 Å². The number of ether oxygens (including phenoxy) is 1. The fraction of sp³-hybridized carbons (Fsp3) is 0.647. The van der Waals surface area contributed by atoms with Crippen LogP contribution in [0.1, 0.15) is 43.2 Å². The van der Waals surface area contributed by atoms with Crippen LogP contribution in [0.4, 0.5) is 0 Å². The molecule has 1 saturated carbocycles. The van der Waals surface area contributed by atoms with Crippen molar-refractivity contribution < 1.29 is 4.74 Å². The molecular weight excluding hydrogens is 234 g/mol. The Morgan fingerprint density at radius 3 is 2.79 bits per heavy atom. The molecule has 1 aromatic carbocycles. The minimum absolute atomic E-state index is 0.679. The van der Waals surface area contributed by atoms with Crippen LogP contribution in [-0.2, 0) is 11.2 Å². The SMILES string of the molecule is COCCNCC(C)Cc1ccccc1C1CCC1. The molecule has 2 heteroatoms. The van der Waals surface area contributed by atoms with Crippen molar-refractivity contribution in [1.82, 2.24) is 5.32 Å². The molecule has 0 aliphatic heterocycles. The Labute approximate surface area is 117 Å². The van der Waals surface area contributed by atoms with E-state index in [1.807, 2.05) is 0 Å². The summed E-state index contributed by atoms with van der Waals surface area (Å²) in [6, 6.07) is 9.03. The second-order valence-electron chi connectivity index (χ2n) is 5.83. The smallest absolute Gasteiger partial charge is 0.0587 e. The van der Waals surface area contributed by atoms with Gasteiger partial charge < -0.3 is 10.1 Å². The number of benzene rings is 1. The normalized spacial score (nSPS) is 17.2. The molecule has 106 valence electrons. The summed E-state index contributed by atoms with van der Waals surface area (Å²) in [5, 5.41) is 3.46. The summed E-state index contributed by atoms with van der Waals surface area (Å²) >= 11 is 0. The van der Waals surface area contributed by atoms with E-state index in [9.17, 15) is 0 Å². The van der Waals surface area contributed by atoms with E-state index in [2.05, 4.69) is 36.5 Å². The van der Waals surface area contributed by atoms with Crippen LogP contribution in [0.2, 0.25) is 0 Å². The molecule has 19 heavy (non-hydrogen) atoms. The maximum atomic E-state index is 5.05. The van der Waals surface area contributed by atoms with Gasteiger partial charge in [0, 0.05) is 13.7 Å². The average molecular weight is 261 g/mol. The molecule has 1 aliphatic carbocycles. The van der Waals surface area contributed by atoms with E-state index < -0.39 is 0 Å². The second-order valence-corrected chi connectivity index (χ2v) is 5.83. The average Bonchev–Trinajstić information content (AvgIpc) is 2.35. The molecule has 0 spiro atoms. The van der Waals surface area contributed by atoms with E-state index in [4.69, 9.17) is 4.74 Å². The summed E-state index contributed by atoms with van der Waals surface area (Å²) in [4.78, 5) is 0. The summed E-state index contributed by atoms with van der Waals surface area (Å²) in [7, 11) is 1.75. The van der Waals surface area contributed by atoms with Crippen molar-refractivity contribution in [2.75, 3.05) is 26.8 Å². The molecule has 1 fully saturated rings. The molecule has 1 unspecified atom stereocenters. The van der Waals surface area contributed by atoms with E-state index in [0.29, 0.717) is 5.92 Å². The minimum Gasteiger partial charge on any atom is -0.383 e. The molecule has 0 amide bonds. The van der Waals surface area contributed by atoms with Gasteiger partial charge in [0.25, 0.3) is 0 Å². The van der Waals surface area contributed by atoms with E-state index >= 15 is 0 Å². The molecule has 0 bridgehead atoms. The molecule has 1 atom stereocenters. The van der Waals surface area contributed by atoms with Crippen molar-refractivity contribution in [3.63, 3.8) is 0 Å². The molecule has 2 rings (SSSR count). The fourth-order valence-corrected chi connectivity index (χ4v) is 2.81. The fourth-order valence-electron chi connectivity index (χ4n) is 2.81. The Morgan fingerprint density at radius 2 is 2.11 bits per heavy atom. The van der Waals surface area contributed by atoms with Crippen LogP contribution in [0.5, 0.6) is 0 Å². The van der Waals surface area contributed by atoms with E-state index in [1.165, 1.54) is 25.7 Å². The van der Waals surface area contributed by atoms with Gasteiger partial charge in [0.1, 0.15) is 0 Å². The van der Waals surface area contributed by atoms with E-state index in [0.717, 1.165) is 25.6 Å². The second kappa shape index (κ2) is 7.66. The minimum atomic E-state index is 0.679. The summed E-state index contributed by atoms with van der Waals surface area (Å²) in [6.07, 6.45) is 5.37. The number of nitrogens with one attached hydrogen (secondary N) is 1. The van der Waals surface area contributed by atoms with Crippen LogP contribution in [0.25, 0.3) is 0 Å². The van der Waals surface area contributed by atoms with Crippen LogP contribution in [0, 0.1) is 5.92 Å². The van der Waals surface area contributed by atoms with Gasteiger partial charge >= 0.3 is 0 Å². The van der Waals surface area contributed by atoms with Crippen LogP contribution in [0.3, 0.4) is 0 Å². The lowest BCUT2D eigenvalue weighted by Gasteiger charge is -2.28. The van der Waals surface area contributed by atoms with Crippen molar-refractivity contribution in [3.8, 4) is 0 Å². The molecule has 2 nitrogen and oxygen atoms in total. The molecule has 1 N–H and O–H groups in total. The van der Waals surface area contributed by atoms with Gasteiger partial charge in [-0.15, -0.1) is 0 Å². The van der Waals surface area contributed by atoms with Gasteiger partial charge in [0.2, 0.25) is 0 Å². The van der Waals surface area contributed by atoms with Crippen LogP contribution in [0.15, 0.2) is 24.3 Å². The summed E-state index contributed by atoms with van der Waals surface area (Å²) < 4.78 is 5.05. The predicted octanol–water partition coefficient (Wildman–Crippen LogP) is 3.37. The zero-order valence-electron chi connectivity index (χ0n) is 12.3. The number of hydrogen-bond acceptors (Lipinski definition) is 2.